The summed E-state index contributed by atoms with van der Waals surface area (Å²) in [6.07, 6.45) is 5.59. The number of rotatable bonds is 6. The summed E-state index contributed by atoms with van der Waals surface area (Å²) in [4.78, 5) is 24.5. The number of nitro groups is 1. The fourth-order valence-electron chi connectivity index (χ4n) is 3.26. The van der Waals surface area contributed by atoms with E-state index in [-0.39, 0.29) is 11.7 Å². The summed E-state index contributed by atoms with van der Waals surface area (Å²) in [5.74, 6) is -0.234. The van der Waals surface area contributed by atoms with Crippen LogP contribution in [0.3, 0.4) is 0 Å². The lowest BCUT2D eigenvalue weighted by molar-refractivity contribution is -0.386. The zero-order chi connectivity index (χ0) is 20.3. The summed E-state index contributed by atoms with van der Waals surface area (Å²) in [6, 6.07) is 4.48. The van der Waals surface area contributed by atoms with Gasteiger partial charge < -0.3 is 9.84 Å². The average Bonchev–Trinajstić information content (AvgIpc) is 3.11. The summed E-state index contributed by atoms with van der Waals surface area (Å²) in [6.45, 7) is 2.19. The molecule has 1 heterocycles. The van der Waals surface area contributed by atoms with Gasteiger partial charge in [-0.25, -0.2) is 5.43 Å². The second-order valence-corrected chi connectivity index (χ2v) is 7.76. The molecule has 2 N–H and O–H groups in total. The molecule has 0 unspecified atom stereocenters. The van der Waals surface area contributed by atoms with Crippen molar-refractivity contribution in [1.82, 2.24) is 5.43 Å². The molecule has 1 aliphatic carbocycles. The Kier molecular flexibility index (Phi) is 5.93. The van der Waals surface area contributed by atoms with Crippen molar-refractivity contribution in [2.45, 2.75) is 32.6 Å². The number of phenols is 1. The first-order valence-electron chi connectivity index (χ1n) is 8.93. The Morgan fingerprint density at radius 3 is 2.96 bits per heavy atom. The van der Waals surface area contributed by atoms with Crippen LogP contribution in [0.4, 0.5) is 5.69 Å². The van der Waals surface area contributed by atoms with Crippen LogP contribution in [0.1, 0.15) is 45.4 Å². The molecule has 3 rings (SSSR count). The van der Waals surface area contributed by atoms with E-state index in [0.717, 1.165) is 31.7 Å². The highest BCUT2D eigenvalue weighted by Gasteiger charge is 2.22. The van der Waals surface area contributed by atoms with Gasteiger partial charge >= 0.3 is 5.69 Å². The van der Waals surface area contributed by atoms with Gasteiger partial charge in [0.2, 0.25) is 5.75 Å². The van der Waals surface area contributed by atoms with Crippen molar-refractivity contribution in [2.24, 2.45) is 11.0 Å². The molecule has 0 bridgehead atoms. The second-order valence-electron chi connectivity index (χ2n) is 6.62. The highest BCUT2D eigenvalue weighted by Crippen LogP contribution is 2.36. The molecule has 1 atom stereocenters. The molecule has 9 heteroatoms. The first kappa shape index (κ1) is 19.8. The monoisotopic (exact) mass is 403 g/mol. The number of fused-ring (bicyclic) bond motifs is 1. The van der Waals surface area contributed by atoms with Crippen LogP contribution in [0.15, 0.2) is 23.3 Å². The number of aryl methyl sites for hydroxylation is 1. The molecule has 0 aliphatic heterocycles. The molecule has 2 aromatic rings. The van der Waals surface area contributed by atoms with Crippen LogP contribution in [0.2, 0.25) is 0 Å². The summed E-state index contributed by atoms with van der Waals surface area (Å²) < 4.78 is 4.94. The zero-order valence-electron chi connectivity index (χ0n) is 15.6. The van der Waals surface area contributed by atoms with Gasteiger partial charge in [-0.1, -0.05) is 13.3 Å². The third-order valence-corrected chi connectivity index (χ3v) is 6.10. The van der Waals surface area contributed by atoms with Gasteiger partial charge in [0, 0.05) is 16.5 Å². The quantitative estimate of drug-likeness (QED) is 0.434. The molecular weight excluding hydrogens is 382 g/mol. The lowest BCUT2D eigenvalue weighted by Gasteiger charge is -2.19. The smallest absolute Gasteiger partial charge is 0.315 e. The number of hydrazone groups is 1. The fourth-order valence-corrected chi connectivity index (χ4v) is 4.36. The molecule has 0 spiro atoms. The van der Waals surface area contributed by atoms with Gasteiger partial charge in [0.15, 0.2) is 5.75 Å². The van der Waals surface area contributed by atoms with E-state index in [0.29, 0.717) is 16.4 Å². The number of thiophene rings is 1. The number of phenolic OH excluding ortho intramolecular Hbond substituents is 1. The van der Waals surface area contributed by atoms with E-state index in [1.807, 2.05) is 6.07 Å². The molecule has 1 aliphatic rings. The lowest BCUT2D eigenvalue weighted by atomic mass is 9.87. The number of methoxy groups -OCH3 is 1. The molecule has 148 valence electrons. The Hall–Kier alpha value is -2.94. The van der Waals surface area contributed by atoms with Crippen molar-refractivity contribution < 1.29 is 19.6 Å². The van der Waals surface area contributed by atoms with Gasteiger partial charge in [0.1, 0.15) is 0 Å². The Bertz CT molecular complexity index is 938. The number of hydrogen-bond acceptors (Lipinski definition) is 7. The minimum Gasteiger partial charge on any atom is -0.500 e. The SMILES string of the molecule is CC[C@@H]1CCc2sc(C(=O)N/N=C/c3cc(OC)c(O)c([N+](=O)[O-])c3)cc2C1. The van der Waals surface area contributed by atoms with Gasteiger partial charge in [-0.15, -0.1) is 11.3 Å². The number of nitrogens with one attached hydrogen (secondary N) is 1. The number of hydrogen-bond donors (Lipinski definition) is 2. The molecular formula is C19H21N3O5S. The third kappa shape index (κ3) is 4.14. The maximum atomic E-state index is 12.4. The van der Waals surface area contributed by atoms with E-state index in [1.54, 1.807) is 0 Å². The molecule has 1 aromatic heterocycles. The lowest BCUT2D eigenvalue weighted by Crippen LogP contribution is -2.16. The summed E-state index contributed by atoms with van der Waals surface area (Å²) in [5, 5.41) is 24.7. The number of aromatic hydroxyl groups is 1. The van der Waals surface area contributed by atoms with E-state index < -0.39 is 16.4 Å². The van der Waals surface area contributed by atoms with Crippen LogP contribution >= 0.6 is 11.3 Å². The zero-order valence-corrected chi connectivity index (χ0v) is 16.4. The van der Waals surface area contributed by atoms with Crippen molar-refractivity contribution >= 4 is 29.1 Å². The number of benzene rings is 1. The highest BCUT2D eigenvalue weighted by atomic mass is 32.1. The number of nitro benzene ring substituents is 1. The molecule has 0 fully saturated rings. The van der Waals surface area contributed by atoms with Crippen LogP contribution in [-0.2, 0) is 12.8 Å². The summed E-state index contributed by atoms with van der Waals surface area (Å²) in [5.41, 5.74) is 3.52. The molecule has 1 amide bonds. The van der Waals surface area contributed by atoms with Crippen LogP contribution in [0.25, 0.3) is 0 Å². The Morgan fingerprint density at radius 2 is 2.29 bits per heavy atom. The molecule has 0 radical (unpaired) electrons. The van der Waals surface area contributed by atoms with E-state index in [1.165, 1.54) is 41.2 Å². The number of carbonyl (C=O) groups is 1. The van der Waals surface area contributed by atoms with E-state index in [4.69, 9.17) is 4.74 Å². The number of carbonyl (C=O) groups excluding carboxylic acids is 1. The van der Waals surface area contributed by atoms with Gasteiger partial charge in [0.25, 0.3) is 5.91 Å². The molecule has 0 saturated carbocycles. The fraction of sp³-hybridized carbons (Fsp3) is 0.368. The molecule has 1 aromatic carbocycles. The minimum absolute atomic E-state index is 0.0432. The summed E-state index contributed by atoms with van der Waals surface area (Å²) in [7, 11) is 1.29. The van der Waals surface area contributed by atoms with E-state index >= 15 is 0 Å². The van der Waals surface area contributed by atoms with Crippen molar-refractivity contribution in [2.75, 3.05) is 7.11 Å². The van der Waals surface area contributed by atoms with E-state index in [2.05, 4.69) is 17.5 Å². The van der Waals surface area contributed by atoms with Crippen molar-refractivity contribution in [3.8, 4) is 11.5 Å². The third-order valence-electron chi connectivity index (χ3n) is 4.86. The summed E-state index contributed by atoms with van der Waals surface area (Å²) >= 11 is 1.49. The van der Waals surface area contributed by atoms with Crippen molar-refractivity contribution in [3.05, 3.63) is 49.2 Å². The average molecular weight is 403 g/mol. The molecule has 0 saturated heterocycles. The number of nitrogens with zero attached hydrogens (tertiary/aromatic N) is 2. The minimum atomic E-state index is -0.715. The van der Waals surface area contributed by atoms with E-state index in [9.17, 15) is 20.0 Å². The largest absolute Gasteiger partial charge is 0.500 e. The van der Waals surface area contributed by atoms with Gasteiger partial charge in [-0.05, 0) is 42.9 Å². The van der Waals surface area contributed by atoms with Crippen molar-refractivity contribution in [3.63, 3.8) is 0 Å². The van der Waals surface area contributed by atoms with Crippen LogP contribution < -0.4 is 10.2 Å². The number of ether oxygens (including phenoxy) is 1. The van der Waals surface area contributed by atoms with Gasteiger partial charge in [-0.2, -0.15) is 5.10 Å². The number of amides is 1. The Morgan fingerprint density at radius 1 is 1.50 bits per heavy atom. The first-order valence-corrected chi connectivity index (χ1v) is 9.75. The van der Waals surface area contributed by atoms with Crippen LogP contribution in [-0.4, -0.2) is 29.3 Å². The second kappa shape index (κ2) is 8.39. The highest BCUT2D eigenvalue weighted by molar-refractivity contribution is 7.14. The van der Waals surface area contributed by atoms with Crippen LogP contribution in [0, 0.1) is 16.0 Å². The maximum absolute atomic E-state index is 12.4. The van der Waals surface area contributed by atoms with Crippen molar-refractivity contribution in [1.29, 1.82) is 0 Å². The Labute approximate surface area is 166 Å². The topological polar surface area (TPSA) is 114 Å². The van der Waals surface area contributed by atoms with Crippen LogP contribution in [0.5, 0.6) is 11.5 Å². The molecule has 28 heavy (non-hydrogen) atoms. The first-order chi connectivity index (χ1) is 13.4. The Balaban J connectivity index is 1.71. The standard InChI is InChI=1S/C19H21N3O5S/c1-3-11-4-5-16-13(6-11)9-17(28-16)19(24)21-20-10-12-7-14(22(25)26)18(23)15(8-12)27-2/h7-11,23H,3-6H2,1-2H3,(H,21,24)/b20-10+/t11-/m1/s1. The maximum Gasteiger partial charge on any atom is 0.315 e. The van der Waals surface area contributed by atoms with Gasteiger partial charge in [0.05, 0.1) is 23.1 Å². The molecule has 8 nitrogen and oxygen atoms in total. The van der Waals surface area contributed by atoms with Gasteiger partial charge in [-0.3, -0.25) is 14.9 Å². The predicted octanol–water partition coefficient (Wildman–Crippen LogP) is 3.65. The predicted molar refractivity (Wildman–Crippen MR) is 106 cm³/mol. The normalized spacial score (nSPS) is 16.0.